The lowest BCUT2D eigenvalue weighted by molar-refractivity contribution is -0.126. The van der Waals surface area contributed by atoms with Gasteiger partial charge in [-0.15, -0.1) is 0 Å². The number of H-pyrrole nitrogens is 1. The van der Waals surface area contributed by atoms with E-state index in [2.05, 4.69) is 42.5 Å². The molecule has 0 bridgehead atoms. The van der Waals surface area contributed by atoms with Gasteiger partial charge in [0.25, 0.3) is 0 Å². The van der Waals surface area contributed by atoms with E-state index in [1.54, 1.807) is 23.6 Å². The second-order valence-electron chi connectivity index (χ2n) is 9.60. The van der Waals surface area contributed by atoms with Crippen molar-refractivity contribution in [2.24, 2.45) is 0 Å². The van der Waals surface area contributed by atoms with Gasteiger partial charge in [0, 0.05) is 62.9 Å². The van der Waals surface area contributed by atoms with Gasteiger partial charge in [-0.25, -0.2) is 19.9 Å². The highest BCUT2D eigenvalue weighted by Crippen LogP contribution is 2.30. The van der Waals surface area contributed by atoms with Gasteiger partial charge in [0.2, 0.25) is 11.9 Å². The van der Waals surface area contributed by atoms with Crippen LogP contribution in [-0.4, -0.2) is 93.3 Å². The van der Waals surface area contributed by atoms with Crippen molar-refractivity contribution >= 4 is 28.7 Å². The van der Waals surface area contributed by atoms with Gasteiger partial charge in [-0.2, -0.15) is 0 Å². The fourth-order valence-corrected chi connectivity index (χ4v) is 5.04. The van der Waals surface area contributed by atoms with Gasteiger partial charge in [0.1, 0.15) is 23.9 Å². The second-order valence-corrected chi connectivity index (χ2v) is 9.60. The molecule has 0 aliphatic carbocycles. The first-order chi connectivity index (χ1) is 19.1. The highest BCUT2D eigenvalue weighted by atomic mass is 16.5. The number of piperazine rings is 1. The molecule has 0 saturated carbocycles. The number of morpholine rings is 1. The van der Waals surface area contributed by atoms with Crippen LogP contribution in [0.5, 0.6) is 0 Å². The Kier molecular flexibility index (Phi) is 6.91. The van der Waals surface area contributed by atoms with Crippen LogP contribution in [0, 0.1) is 0 Å². The van der Waals surface area contributed by atoms with E-state index < -0.39 is 6.10 Å². The molecule has 1 atom stereocenters. The number of rotatable bonds is 6. The van der Waals surface area contributed by atoms with Crippen molar-refractivity contribution in [3.63, 3.8) is 0 Å². The van der Waals surface area contributed by atoms with Crippen molar-refractivity contribution < 1.29 is 14.6 Å². The number of anilines is 2. The summed E-state index contributed by atoms with van der Waals surface area (Å²) in [5.74, 6) is 1.44. The SMILES string of the molecule is C=CC(=O)N1CCN(c2ncc(C(O)c3ccc(-c4cc5c(N6CCOCC6)ncnc5[nH]4)cc3)cn2)CC1. The maximum Gasteiger partial charge on any atom is 0.246 e. The lowest BCUT2D eigenvalue weighted by atomic mass is 10.0. The minimum Gasteiger partial charge on any atom is -0.384 e. The number of nitrogens with zero attached hydrogens (tertiary/aromatic N) is 7. The third-order valence-electron chi connectivity index (χ3n) is 7.28. The number of carbonyl (C=O) groups is 1. The van der Waals surface area contributed by atoms with Gasteiger partial charge >= 0.3 is 0 Å². The van der Waals surface area contributed by atoms with Crippen molar-refractivity contribution in [3.8, 4) is 11.3 Å². The molecule has 11 heteroatoms. The lowest BCUT2D eigenvalue weighted by Gasteiger charge is -2.34. The van der Waals surface area contributed by atoms with Crippen LogP contribution in [0.25, 0.3) is 22.3 Å². The Bertz CT molecular complexity index is 1460. The zero-order valence-corrected chi connectivity index (χ0v) is 21.5. The number of benzene rings is 1. The molecule has 2 aliphatic rings. The maximum absolute atomic E-state index is 11.8. The van der Waals surface area contributed by atoms with E-state index in [-0.39, 0.29) is 5.91 Å². The van der Waals surface area contributed by atoms with E-state index in [4.69, 9.17) is 4.74 Å². The molecule has 2 fully saturated rings. The molecule has 4 aromatic rings. The van der Waals surface area contributed by atoms with E-state index in [1.165, 1.54) is 6.08 Å². The number of aliphatic hydroxyl groups excluding tert-OH is 1. The Hall–Kier alpha value is -4.35. The monoisotopic (exact) mass is 526 g/mol. The number of hydrogen-bond acceptors (Lipinski definition) is 9. The number of carbonyl (C=O) groups excluding carboxylic acids is 1. The third-order valence-corrected chi connectivity index (χ3v) is 7.28. The molecule has 2 N–H and O–H groups in total. The molecule has 3 aromatic heterocycles. The average molecular weight is 527 g/mol. The van der Waals surface area contributed by atoms with Crippen molar-refractivity contribution in [2.45, 2.75) is 6.10 Å². The minimum atomic E-state index is -0.850. The molecular weight excluding hydrogens is 496 g/mol. The molecule has 0 radical (unpaired) electrons. The summed E-state index contributed by atoms with van der Waals surface area (Å²) in [6, 6.07) is 9.84. The normalized spacial score (nSPS) is 16.9. The smallest absolute Gasteiger partial charge is 0.246 e. The molecule has 1 aromatic carbocycles. The average Bonchev–Trinajstić information content (AvgIpc) is 3.46. The first-order valence-electron chi connectivity index (χ1n) is 13.0. The zero-order valence-electron chi connectivity index (χ0n) is 21.5. The van der Waals surface area contributed by atoms with E-state index in [9.17, 15) is 9.90 Å². The molecule has 0 spiro atoms. The van der Waals surface area contributed by atoms with Crippen molar-refractivity contribution in [2.75, 3.05) is 62.3 Å². The Morgan fingerprint density at radius 1 is 0.949 bits per heavy atom. The van der Waals surface area contributed by atoms with Gasteiger partial charge in [0.05, 0.1) is 18.6 Å². The van der Waals surface area contributed by atoms with E-state index >= 15 is 0 Å². The summed E-state index contributed by atoms with van der Waals surface area (Å²) >= 11 is 0. The van der Waals surface area contributed by atoms with Gasteiger partial charge in [0.15, 0.2) is 0 Å². The number of aliphatic hydroxyl groups is 1. The van der Waals surface area contributed by atoms with Crippen LogP contribution in [-0.2, 0) is 9.53 Å². The molecule has 1 unspecified atom stereocenters. The standard InChI is InChI=1S/C28H30N8O3/c1-2-24(37)34-7-9-36(10-8-34)28-29-16-21(17-30-28)25(38)20-5-3-19(4-6-20)23-15-22-26(33-23)31-18-32-27(22)35-11-13-39-14-12-35/h2-6,15-18,25,38H,1,7-14H2,(H,31,32,33). The maximum atomic E-state index is 11.8. The van der Waals surface area contributed by atoms with Crippen LogP contribution in [0.4, 0.5) is 11.8 Å². The molecule has 200 valence electrons. The van der Waals surface area contributed by atoms with Gasteiger partial charge in [-0.1, -0.05) is 30.8 Å². The molecule has 11 nitrogen and oxygen atoms in total. The number of aromatic nitrogens is 5. The van der Waals surface area contributed by atoms with Crippen LogP contribution in [0.1, 0.15) is 17.2 Å². The summed E-state index contributed by atoms with van der Waals surface area (Å²) in [5.41, 5.74) is 4.07. The minimum absolute atomic E-state index is 0.0592. The van der Waals surface area contributed by atoms with E-state index in [0.29, 0.717) is 50.9 Å². The zero-order chi connectivity index (χ0) is 26.8. The van der Waals surface area contributed by atoms with Crippen LogP contribution in [0.15, 0.2) is 61.7 Å². The summed E-state index contributed by atoms with van der Waals surface area (Å²) in [6.07, 6.45) is 5.39. The molecule has 2 aliphatic heterocycles. The molecule has 1 amide bonds. The second kappa shape index (κ2) is 10.8. The molecule has 39 heavy (non-hydrogen) atoms. The number of nitrogens with one attached hydrogen (secondary N) is 1. The van der Waals surface area contributed by atoms with E-state index in [0.717, 1.165) is 46.8 Å². The number of hydrogen-bond donors (Lipinski definition) is 2. The van der Waals surface area contributed by atoms with Gasteiger partial charge in [-0.3, -0.25) is 4.79 Å². The van der Waals surface area contributed by atoms with Crippen LogP contribution in [0.3, 0.4) is 0 Å². The fraction of sp³-hybridized carbons (Fsp3) is 0.321. The van der Waals surface area contributed by atoms with Crippen molar-refractivity contribution in [3.05, 3.63) is 72.8 Å². The lowest BCUT2D eigenvalue weighted by Crippen LogP contribution is -2.48. The van der Waals surface area contributed by atoms with Crippen LogP contribution >= 0.6 is 0 Å². The number of amides is 1. The molecule has 6 rings (SSSR count). The summed E-state index contributed by atoms with van der Waals surface area (Å²) in [7, 11) is 0. The predicted octanol–water partition coefficient (Wildman–Crippen LogP) is 2.17. The molecule has 2 saturated heterocycles. The first-order valence-corrected chi connectivity index (χ1v) is 13.0. The fourth-order valence-electron chi connectivity index (χ4n) is 5.04. The van der Waals surface area contributed by atoms with E-state index in [1.807, 2.05) is 29.2 Å². The molecular formula is C28H30N8O3. The Morgan fingerprint density at radius 3 is 2.36 bits per heavy atom. The highest BCUT2D eigenvalue weighted by molar-refractivity contribution is 5.92. The quantitative estimate of drug-likeness (QED) is 0.364. The topological polar surface area (TPSA) is 124 Å². The number of fused-ring (bicyclic) bond motifs is 1. The van der Waals surface area contributed by atoms with Gasteiger partial charge < -0.3 is 29.5 Å². The summed E-state index contributed by atoms with van der Waals surface area (Å²) in [5, 5.41) is 12.0. The highest BCUT2D eigenvalue weighted by Gasteiger charge is 2.22. The Balaban J connectivity index is 1.14. The van der Waals surface area contributed by atoms with Crippen LogP contribution in [0.2, 0.25) is 0 Å². The van der Waals surface area contributed by atoms with Crippen molar-refractivity contribution in [1.29, 1.82) is 0 Å². The van der Waals surface area contributed by atoms with Crippen molar-refractivity contribution in [1.82, 2.24) is 29.8 Å². The number of ether oxygens (including phenoxy) is 1. The molecule has 5 heterocycles. The Labute approximate surface area is 225 Å². The van der Waals surface area contributed by atoms with Gasteiger partial charge in [-0.05, 0) is 23.3 Å². The summed E-state index contributed by atoms with van der Waals surface area (Å²) in [6.45, 7) is 9.03. The third kappa shape index (κ3) is 5.06. The first kappa shape index (κ1) is 25.0. The predicted molar refractivity (Wildman–Crippen MR) is 147 cm³/mol. The summed E-state index contributed by atoms with van der Waals surface area (Å²) in [4.78, 5) is 39.1. The Morgan fingerprint density at radius 2 is 1.67 bits per heavy atom. The largest absolute Gasteiger partial charge is 0.384 e. The summed E-state index contributed by atoms with van der Waals surface area (Å²) < 4.78 is 5.48. The van der Waals surface area contributed by atoms with Crippen LogP contribution < -0.4 is 9.80 Å². The number of aromatic amines is 1.